The molecular weight excluding hydrogens is 552 g/mol. The molecule has 1 heterocycles. The molecule has 1 unspecified atom stereocenters. The molecule has 1 aliphatic heterocycles. The van der Waals surface area contributed by atoms with Gasteiger partial charge in [-0.05, 0) is 42.2 Å². The van der Waals surface area contributed by atoms with E-state index in [1.165, 1.54) is 7.11 Å². The maximum atomic E-state index is 13.7. The molecule has 2 aliphatic rings. The summed E-state index contributed by atoms with van der Waals surface area (Å²) in [5, 5.41) is 8.21. The summed E-state index contributed by atoms with van der Waals surface area (Å²) in [5.74, 6) is -1.39. The highest BCUT2D eigenvalue weighted by Crippen LogP contribution is 2.27. The van der Waals surface area contributed by atoms with Gasteiger partial charge in [0.2, 0.25) is 11.7 Å². The molecule has 0 radical (unpaired) electrons. The Balaban J connectivity index is 1.46. The molecule has 2 aromatic rings. The van der Waals surface area contributed by atoms with Crippen LogP contribution >= 0.6 is 0 Å². The van der Waals surface area contributed by atoms with E-state index >= 15 is 0 Å². The van der Waals surface area contributed by atoms with Gasteiger partial charge in [-0.25, -0.2) is 4.79 Å². The number of Topliss-reactive ketones (excluding diaryl/α,β-unsaturated/α-hetero) is 1. The van der Waals surface area contributed by atoms with Crippen molar-refractivity contribution in [2.24, 2.45) is 5.92 Å². The van der Waals surface area contributed by atoms with E-state index in [1.54, 1.807) is 29.2 Å². The smallest absolute Gasteiger partial charge is 0.318 e. The highest BCUT2D eigenvalue weighted by Gasteiger charge is 2.33. The third kappa shape index (κ3) is 10.1. The molecular formula is C32H42N4O7. The predicted octanol–water partition coefficient (Wildman–Crippen LogP) is 3.29. The number of benzene rings is 2. The Hall–Kier alpha value is -3.96. The van der Waals surface area contributed by atoms with Crippen LogP contribution in [0.15, 0.2) is 54.6 Å². The largest absolute Gasteiger partial charge is 0.497 e. The van der Waals surface area contributed by atoms with Gasteiger partial charge in [0.25, 0.3) is 5.91 Å². The van der Waals surface area contributed by atoms with Crippen molar-refractivity contribution in [3.05, 3.63) is 60.2 Å². The van der Waals surface area contributed by atoms with Crippen molar-refractivity contribution in [2.45, 2.75) is 57.2 Å². The van der Waals surface area contributed by atoms with Crippen molar-refractivity contribution >= 4 is 29.3 Å². The summed E-state index contributed by atoms with van der Waals surface area (Å²) in [6.45, 7) is 1.72. The Morgan fingerprint density at radius 2 is 1.60 bits per heavy atom. The second-order valence-corrected chi connectivity index (χ2v) is 11.0. The van der Waals surface area contributed by atoms with Gasteiger partial charge < -0.3 is 35.1 Å². The summed E-state index contributed by atoms with van der Waals surface area (Å²) < 4.78 is 16.3. The second-order valence-electron chi connectivity index (χ2n) is 11.0. The SMILES string of the molecule is COc1ccc(NC(=O)C(=O)C(COCc2ccccc2)NC(=O)[C@@H](CC2CCCCC2)NC(=O)N2CCOCC2)cc1. The fourth-order valence-electron chi connectivity index (χ4n) is 5.34. The molecule has 3 N–H and O–H groups in total. The van der Waals surface area contributed by atoms with Gasteiger partial charge in [0.05, 0.1) is 33.5 Å². The van der Waals surface area contributed by atoms with E-state index in [0.29, 0.717) is 44.2 Å². The number of rotatable bonds is 13. The number of hydrogen-bond acceptors (Lipinski definition) is 7. The van der Waals surface area contributed by atoms with Crippen LogP contribution in [0.3, 0.4) is 0 Å². The number of urea groups is 1. The lowest BCUT2D eigenvalue weighted by Crippen LogP contribution is -2.57. The van der Waals surface area contributed by atoms with Crippen molar-refractivity contribution in [2.75, 3.05) is 45.3 Å². The lowest BCUT2D eigenvalue weighted by Gasteiger charge is -2.31. The zero-order valence-corrected chi connectivity index (χ0v) is 24.7. The van der Waals surface area contributed by atoms with Crippen LogP contribution in [0.25, 0.3) is 0 Å². The van der Waals surface area contributed by atoms with Crippen molar-refractivity contribution in [1.82, 2.24) is 15.5 Å². The summed E-state index contributed by atoms with van der Waals surface area (Å²) in [6.07, 6.45) is 5.72. The van der Waals surface area contributed by atoms with E-state index in [0.717, 1.165) is 37.7 Å². The molecule has 2 fully saturated rings. The van der Waals surface area contributed by atoms with Gasteiger partial charge >= 0.3 is 6.03 Å². The molecule has 0 spiro atoms. The minimum atomic E-state index is -1.26. The van der Waals surface area contributed by atoms with Crippen LogP contribution in [-0.4, -0.2) is 80.6 Å². The Labute approximate surface area is 252 Å². The Kier molecular flexibility index (Phi) is 12.4. The molecule has 1 saturated carbocycles. The van der Waals surface area contributed by atoms with Crippen LogP contribution in [0.5, 0.6) is 5.75 Å². The van der Waals surface area contributed by atoms with Crippen LogP contribution in [-0.2, 0) is 30.5 Å². The number of carbonyl (C=O) groups is 4. The van der Waals surface area contributed by atoms with E-state index in [9.17, 15) is 19.2 Å². The summed E-state index contributed by atoms with van der Waals surface area (Å²) in [5.41, 5.74) is 1.29. The first-order valence-electron chi connectivity index (χ1n) is 15.0. The van der Waals surface area contributed by atoms with Gasteiger partial charge in [0.1, 0.15) is 17.8 Å². The topological polar surface area (TPSA) is 135 Å². The summed E-state index contributed by atoms with van der Waals surface area (Å²) in [6, 6.07) is 13.5. The number of morpholine rings is 1. The zero-order valence-electron chi connectivity index (χ0n) is 24.7. The van der Waals surface area contributed by atoms with Gasteiger partial charge in [0, 0.05) is 18.8 Å². The number of amides is 4. The van der Waals surface area contributed by atoms with Crippen LogP contribution in [0, 0.1) is 5.92 Å². The normalized spacial score (nSPS) is 16.9. The molecule has 11 heteroatoms. The Morgan fingerprint density at radius 1 is 0.907 bits per heavy atom. The summed E-state index contributed by atoms with van der Waals surface area (Å²) in [7, 11) is 1.53. The molecule has 1 saturated heterocycles. The lowest BCUT2D eigenvalue weighted by atomic mass is 9.84. The van der Waals surface area contributed by atoms with E-state index in [2.05, 4.69) is 16.0 Å². The van der Waals surface area contributed by atoms with E-state index in [4.69, 9.17) is 14.2 Å². The first-order chi connectivity index (χ1) is 20.9. The predicted molar refractivity (Wildman–Crippen MR) is 161 cm³/mol. The molecule has 2 atom stereocenters. The number of anilines is 1. The zero-order chi connectivity index (χ0) is 30.4. The van der Waals surface area contributed by atoms with E-state index < -0.39 is 29.7 Å². The average Bonchev–Trinajstić information content (AvgIpc) is 3.05. The molecule has 4 amide bonds. The molecule has 4 rings (SSSR count). The highest BCUT2D eigenvalue weighted by molar-refractivity contribution is 6.42. The molecule has 0 aromatic heterocycles. The first kappa shape index (κ1) is 32.0. The summed E-state index contributed by atoms with van der Waals surface area (Å²) >= 11 is 0. The average molecular weight is 595 g/mol. The van der Waals surface area contributed by atoms with E-state index in [-0.39, 0.29) is 25.2 Å². The van der Waals surface area contributed by atoms with E-state index in [1.807, 2.05) is 30.3 Å². The number of nitrogens with zero attached hydrogens (tertiary/aromatic N) is 1. The number of hydrogen-bond donors (Lipinski definition) is 3. The summed E-state index contributed by atoms with van der Waals surface area (Å²) in [4.78, 5) is 54.8. The van der Waals surface area contributed by atoms with Crippen LogP contribution in [0.1, 0.15) is 44.1 Å². The van der Waals surface area contributed by atoms with Gasteiger partial charge in [-0.3, -0.25) is 14.4 Å². The van der Waals surface area contributed by atoms with Crippen LogP contribution in [0.2, 0.25) is 0 Å². The monoisotopic (exact) mass is 594 g/mol. The molecule has 43 heavy (non-hydrogen) atoms. The minimum Gasteiger partial charge on any atom is -0.497 e. The van der Waals surface area contributed by atoms with Crippen molar-refractivity contribution in [3.8, 4) is 5.75 Å². The van der Waals surface area contributed by atoms with Gasteiger partial charge in [-0.2, -0.15) is 0 Å². The molecule has 2 aromatic carbocycles. The fourth-order valence-corrected chi connectivity index (χ4v) is 5.34. The number of methoxy groups -OCH3 is 1. The Bertz CT molecular complexity index is 1200. The third-order valence-corrected chi connectivity index (χ3v) is 7.81. The Morgan fingerprint density at radius 3 is 2.28 bits per heavy atom. The number of carbonyl (C=O) groups excluding carboxylic acids is 4. The third-order valence-electron chi connectivity index (χ3n) is 7.81. The lowest BCUT2D eigenvalue weighted by molar-refractivity contribution is -0.139. The first-order valence-corrected chi connectivity index (χ1v) is 15.0. The molecule has 0 bridgehead atoms. The van der Waals surface area contributed by atoms with Gasteiger partial charge in [-0.1, -0.05) is 62.4 Å². The highest BCUT2D eigenvalue weighted by atomic mass is 16.5. The van der Waals surface area contributed by atoms with Gasteiger partial charge in [0.15, 0.2) is 0 Å². The number of ether oxygens (including phenoxy) is 3. The van der Waals surface area contributed by atoms with Crippen molar-refractivity contribution in [1.29, 1.82) is 0 Å². The number of ketones is 1. The molecule has 11 nitrogen and oxygen atoms in total. The standard InChI is InChI=1S/C32H42N4O7/c1-41-26-14-12-25(13-15-26)33-31(39)29(37)28(22-43-21-24-10-6-3-7-11-24)34-30(38)27(20-23-8-4-2-5-9-23)35-32(40)36-16-18-42-19-17-36/h3,6-7,10-15,23,27-28H,2,4-5,8-9,16-22H2,1H3,(H,33,39)(H,34,38)(H,35,40)/t27-,28?/m1/s1. The van der Waals surface area contributed by atoms with Gasteiger partial charge in [-0.15, -0.1) is 0 Å². The van der Waals surface area contributed by atoms with Crippen molar-refractivity contribution in [3.63, 3.8) is 0 Å². The fraction of sp³-hybridized carbons (Fsp3) is 0.500. The van der Waals surface area contributed by atoms with Crippen molar-refractivity contribution < 1.29 is 33.4 Å². The minimum absolute atomic E-state index is 0.194. The second kappa shape index (κ2) is 16.6. The number of nitrogens with one attached hydrogen (secondary N) is 3. The maximum Gasteiger partial charge on any atom is 0.318 e. The molecule has 232 valence electrons. The quantitative estimate of drug-likeness (QED) is 0.303. The molecule has 1 aliphatic carbocycles. The van der Waals surface area contributed by atoms with Crippen LogP contribution in [0.4, 0.5) is 10.5 Å². The van der Waals surface area contributed by atoms with Crippen LogP contribution < -0.4 is 20.7 Å². The maximum absolute atomic E-state index is 13.7.